The van der Waals surface area contributed by atoms with E-state index in [4.69, 9.17) is 4.74 Å². The van der Waals surface area contributed by atoms with Gasteiger partial charge in [-0.1, -0.05) is 42.5 Å². The SMILES string of the molecule is CCNC(=O)C(C)N(CCc1ccccc1)C(=O)COc1cccc(C)c1. The summed E-state index contributed by atoms with van der Waals surface area (Å²) in [6, 6.07) is 16.9. The Morgan fingerprint density at radius 2 is 1.85 bits per heavy atom. The first-order valence-corrected chi connectivity index (χ1v) is 9.31. The fraction of sp³-hybridized carbons (Fsp3) is 0.364. The topological polar surface area (TPSA) is 58.6 Å². The van der Waals surface area contributed by atoms with Crippen LogP contribution in [0.4, 0.5) is 0 Å². The lowest BCUT2D eigenvalue weighted by atomic mass is 10.1. The summed E-state index contributed by atoms with van der Waals surface area (Å²) in [5.74, 6) is 0.290. The molecule has 0 saturated carbocycles. The van der Waals surface area contributed by atoms with Crippen LogP contribution in [0.5, 0.6) is 5.75 Å². The summed E-state index contributed by atoms with van der Waals surface area (Å²) in [6.45, 7) is 6.48. The highest BCUT2D eigenvalue weighted by atomic mass is 16.5. The quantitative estimate of drug-likeness (QED) is 0.740. The van der Waals surface area contributed by atoms with E-state index in [2.05, 4.69) is 5.32 Å². The van der Waals surface area contributed by atoms with Gasteiger partial charge in [-0.2, -0.15) is 0 Å². The molecule has 0 saturated heterocycles. The number of hydrogen-bond donors (Lipinski definition) is 1. The molecule has 1 N–H and O–H groups in total. The van der Waals surface area contributed by atoms with Gasteiger partial charge < -0.3 is 15.0 Å². The molecule has 2 amide bonds. The highest BCUT2D eigenvalue weighted by Gasteiger charge is 2.25. The van der Waals surface area contributed by atoms with E-state index in [1.165, 1.54) is 0 Å². The standard InChI is InChI=1S/C22H28N2O3/c1-4-23-22(26)18(3)24(14-13-19-10-6-5-7-11-19)21(25)16-27-20-12-8-9-17(2)15-20/h5-12,15,18H,4,13-14,16H2,1-3H3,(H,23,26). The molecule has 1 atom stereocenters. The fourth-order valence-corrected chi connectivity index (χ4v) is 2.83. The number of carbonyl (C=O) groups excluding carboxylic acids is 2. The molecule has 2 rings (SSSR count). The number of benzene rings is 2. The van der Waals surface area contributed by atoms with Gasteiger partial charge in [-0.05, 0) is 50.5 Å². The molecule has 0 spiro atoms. The van der Waals surface area contributed by atoms with E-state index in [0.29, 0.717) is 25.3 Å². The van der Waals surface area contributed by atoms with E-state index in [1.807, 2.05) is 68.4 Å². The molecule has 0 aliphatic carbocycles. The van der Waals surface area contributed by atoms with Gasteiger partial charge in [0, 0.05) is 13.1 Å². The number of carbonyl (C=O) groups is 2. The molecule has 0 heterocycles. The second-order valence-electron chi connectivity index (χ2n) is 6.50. The highest BCUT2D eigenvalue weighted by molar-refractivity contribution is 5.87. The predicted molar refractivity (Wildman–Crippen MR) is 107 cm³/mol. The zero-order valence-electron chi connectivity index (χ0n) is 16.3. The summed E-state index contributed by atoms with van der Waals surface area (Å²) in [7, 11) is 0. The third-order valence-electron chi connectivity index (χ3n) is 4.35. The molecule has 1 unspecified atom stereocenters. The maximum atomic E-state index is 12.8. The molecular weight excluding hydrogens is 340 g/mol. The number of likely N-dealkylation sites (N-methyl/N-ethyl adjacent to an activating group) is 1. The number of ether oxygens (including phenoxy) is 1. The maximum Gasteiger partial charge on any atom is 0.261 e. The van der Waals surface area contributed by atoms with Crippen molar-refractivity contribution in [2.75, 3.05) is 19.7 Å². The minimum atomic E-state index is -0.553. The average Bonchev–Trinajstić information content (AvgIpc) is 2.67. The Bertz CT molecular complexity index is 746. The summed E-state index contributed by atoms with van der Waals surface area (Å²) < 4.78 is 5.65. The van der Waals surface area contributed by atoms with Crippen LogP contribution in [0.3, 0.4) is 0 Å². The Labute approximate surface area is 161 Å². The van der Waals surface area contributed by atoms with Gasteiger partial charge in [0.1, 0.15) is 11.8 Å². The maximum absolute atomic E-state index is 12.8. The van der Waals surface area contributed by atoms with Gasteiger partial charge >= 0.3 is 0 Å². The second-order valence-corrected chi connectivity index (χ2v) is 6.50. The molecular formula is C22H28N2O3. The van der Waals surface area contributed by atoms with Gasteiger partial charge in [0.2, 0.25) is 5.91 Å². The minimum absolute atomic E-state index is 0.0952. The normalized spacial score (nSPS) is 11.5. The van der Waals surface area contributed by atoms with Crippen molar-refractivity contribution in [2.24, 2.45) is 0 Å². The van der Waals surface area contributed by atoms with Crippen LogP contribution in [0, 0.1) is 6.92 Å². The lowest BCUT2D eigenvalue weighted by Crippen LogP contribution is -2.50. The van der Waals surface area contributed by atoms with Crippen molar-refractivity contribution in [1.82, 2.24) is 10.2 Å². The third-order valence-corrected chi connectivity index (χ3v) is 4.35. The molecule has 0 fully saturated rings. The van der Waals surface area contributed by atoms with Crippen molar-refractivity contribution in [1.29, 1.82) is 0 Å². The number of hydrogen-bond acceptors (Lipinski definition) is 3. The van der Waals surface area contributed by atoms with Crippen LogP contribution < -0.4 is 10.1 Å². The molecule has 2 aromatic rings. The highest BCUT2D eigenvalue weighted by Crippen LogP contribution is 2.13. The van der Waals surface area contributed by atoms with E-state index in [9.17, 15) is 9.59 Å². The lowest BCUT2D eigenvalue weighted by Gasteiger charge is -2.28. The van der Waals surface area contributed by atoms with E-state index >= 15 is 0 Å². The van der Waals surface area contributed by atoms with Crippen molar-refractivity contribution in [3.63, 3.8) is 0 Å². The molecule has 27 heavy (non-hydrogen) atoms. The van der Waals surface area contributed by atoms with Crippen LogP contribution in [0.25, 0.3) is 0 Å². The number of nitrogens with zero attached hydrogens (tertiary/aromatic N) is 1. The van der Waals surface area contributed by atoms with Crippen LogP contribution >= 0.6 is 0 Å². The number of aryl methyl sites for hydroxylation is 1. The third kappa shape index (κ3) is 6.44. The monoisotopic (exact) mass is 368 g/mol. The lowest BCUT2D eigenvalue weighted by molar-refractivity contribution is -0.141. The molecule has 0 bridgehead atoms. The van der Waals surface area contributed by atoms with E-state index in [1.54, 1.807) is 11.8 Å². The first-order valence-electron chi connectivity index (χ1n) is 9.31. The van der Waals surface area contributed by atoms with Gasteiger partial charge in [-0.3, -0.25) is 9.59 Å². The summed E-state index contributed by atoms with van der Waals surface area (Å²) in [5, 5.41) is 2.79. The first kappa shape index (κ1) is 20.5. The Morgan fingerprint density at radius 1 is 1.11 bits per heavy atom. The number of rotatable bonds is 9. The molecule has 0 aliphatic heterocycles. The van der Waals surface area contributed by atoms with Crippen LogP contribution in [0.2, 0.25) is 0 Å². The molecule has 5 nitrogen and oxygen atoms in total. The first-order chi connectivity index (χ1) is 13.0. The fourth-order valence-electron chi connectivity index (χ4n) is 2.83. The molecule has 2 aromatic carbocycles. The van der Waals surface area contributed by atoms with E-state index in [0.717, 1.165) is 11.1 Å². The van der Waals surface area contributed by atoms with Gasteiger partial charge in [0.25, 0.3) is 5.91 Å². The summed E-state index contributed by atoms with van der Waals surface area (Å²) in [5.41, 5.74) is 2.19. The smallest absolute Gasteiger partial charge is 0.261 e. The van der Waals surface area contributed by atoms with Crippen molar-refractivity contribution in [2.45, 2.75) is 33.2 Å². The molecule has 0 radical (unpaired) electrons. The van der Waals surface area contributed by atoms with Crippen LogP contribution in [-0.4, -0.2) is 42.5 Å². The Kier molecular flexibility index (Phi) is 7.86. The van der Waals surface area contributed by atoms with Crippen LogP contribution in [0.15, 0.2) is 54.6 Å². The van der Waals surface area contributed by atoms with E-state index in [-0.39, 0.29) is 18.4 Å². The summed E-state index contributed by atoms with van der Waals surface area (Å²) >= 11 is 0. The van der Waals surface area contributed by atoms with Crippen molar-refractivity contribution < 1.29 is 14.3 Å². The molecule has 144 valence electrons. The Hall–Kier alpha value is -2.82. The zero-order valence-corrected chi connectivity index (χ0v) is 16.3. The van der Waals surface area contributed by atoms with Gasteiger partial charge in [0.05, 0.1) is 0 Å². The molecule has 0 aliphatic rings. The largest absolute Gasteiger partial charge is 0.484 e. The van der Waals surface area contributed by atoms with E-state index < -0.39 is 6.04 Å². The van der Waals surface area contributed by atoms with Crippen molar-refractivity contribution in [3.05, 3.63) is 65.7 Å². The van der Waals surface area contributed by atoms with Gasteiger partial charge in [0.15, 0.2) is 6.61 Å². The molecule has 0 aromatic heterocycles. The van der Waals surface area contributed by atoms with Gasteiger partial charge in [-0.15, -0.1) is 0 Å². The average molecular weight is 368 g/mol. The van der Waals surface area contributed by atoms with Gasteiger partial charge in [-0.25, -0.2) is 0 Å². The summed E-state index contributed by atoms with van der Waals surface area (Å²) in [4.78, 5) is 26.7. The Balaban J connectivity index is 2.04. The second kappa shape index (κ2) is 10.4. The van der Waals surface area contributed by atoms with Crippen molar-refractivity contribution in [3.8, 4) is 5.75 Å². The Morgan fingerprint density at radius 3 is 2.52 bits per heavy atom. The zero-order chi connectivity index (χ0) is 19.6. The van der Waals surface area contributed by atoms with Crippen molar-refractivity contribution >= 4 is 11.8 Å². The minimum Gasteiger partial charge on any atom is -0.484 e. The van der Waals surface area contributed by atoms with Crippen LogP contribution in [-0.2, 0) is 16.0 Å². The predicted octanol–water partition coefficient (Wildman–Crippen LogP) is 2.97. The summed E-state index contributed by atoms with van der Waals surface area (Å²) in [6.07, 6.45) is 0.681. The number of amides is 2. The molecule has 5 heteroatoms. The number of nitrogens with one attached hydrogen (secondary N) is 1. The van der Waals surface area contributed by atoms with Crippen LogP contribution in [0.1, 0.15) is 25.0 Å².